The van der Waals surface area contributed by atoms with Crippen molar-refractivity contribution in [3.8, 4) is 33.6 Å². The molecule has 0 unspecified atom stereocenters. The van der Waals surface area contributed by atoms with E-state index in [1.807, 2.05) is 37.4 Å². The van der Waals surface area contributed by atoms with Crippen LogP contribution in [0.2, 0.25) is 0 Å². The number of aromatic nitrogens is 2. The van der Waals surface area contributed by atoms with E-state index in [-0.39, 0.29) is 0 Å². The van der Waals surface area contributed by atoms with Gasteiger partial charge in [-0.15, -0.1) is 0 Å². The predicted molar refractivity (Wildman–Crippen MR) is 108 cm³/mol. The van der Waals surface area contributed by atoms with Crippen molar-refractivity contribution in [1.29, 1.82) is 0 Å². The average molecular weight is 336 g/mol. The fourth-order valence-electron chi connectivity index (χ4n) is 3.16. The second-order valence-corrected chi connectivity index (χ2v) is 6.45. The summed E-state index contributed by atoms with van der Waals surface area (Å²) < 4.78 is 0. The zero-order valence-corrected chi connectivity index (χ0v) is 15.0. The maximum Gasteiger partial charge on any atom is 0.0738 e. The maximum absolute atomic E-state index is 4.94. The highest BCUT2D eigenvalue weighted by atomic mass is 14.7. The molecule has 2 nitrogen and oxygen atoms in total. The highest BCUT2D eigenvalue weighted by molar-refractivity contribution is 5.74. The summed E-state index contributed by atoms with van der Waals surface area (Å²) in [5.41, 5.74) is 8.64. The molecule has 0 amide bonds. The molecule has 2 heteroatoms. The molecule has 0 aliphatic rings. The Morgan fingerprint density at radius 1 is 0.654 bits per heavy atom. The van der Waals surface area contributed by atoms with Crippen LogP contribution < -0.4 is 0 Å². The second kappa shape index (κ2) is 6.93. The highest BCUT2D eigenvalue weighted by Crippen LogP contribution is 2.29. The van der Waals surface area contributed by atoms with Gasteiger partial charge in [-0.25, -0.2) is 4.98 Å². The van der Waals surface area contributed by atoms with Crippen LogP contribution in [0.4, 0.5) is 0 Å². The van der Waals surface area contributed by atoms with Crippen molar-refractivity contribution in [2.45, 2.75) is 13.8 Å². The van der Waals surface area contributed by atoms with Gasteiger partial charge in [-0.3, -0.25) is 4.98 Å². The lowest BCUT2D eigenvalue weighted by Gasteiger charge is -2.11. The molecule has 0 saturated heterocycles. The molecule has 4 rings (SSSR count). The van der Waals surface area contributed by atoms with Crippen LogP contribution in [-0.2, 0) is 0 Å². The summed E-state index contributed by atoms with van der Waals surface area (Å²) in [6, 6.07) is 27.1. The van der Waals surface area contributed by atoms with Gasteiger partial charge in [0, 0.05) is 28.6 Å². The van der Waals surface area contributed by atoms with Gasteiger partial charge in [-0.2, -0.15) is 0 Å². The lowest BCUT2D eigenvalue weighted by atomic mass is 10.0. The zero-order valence-electron chi connectivity index (χ0n) is 15.0. The summed E-state index contributed by atoms with van der Waals surface area (Å²) in [6.45, 7) is 4.14. The van der Waals surface area contributed by atoms with E-state index in [0.717, 1.165) is 33.8 Å². The van der Waals surface area contributed by atoms with Gasteiger partial charge in [-0.05, 0) is 37.1 Å². The van der Waals surface area contributed by atoms with E-state index in [2.05, 4.69) is 66.5 Å². The van der Waals surface area contributed by atoms with E-state index in [1.165, 1.54) is 11.1 Å². The van der Waals surface area contributed by atoms with Crippen LogP contribution in [-0.4, -0.2) is 9.97 Å². The summed E-state index contributed by atoms with van der Waals surface area (Å²) in [7, 11) is 0. The number of nitrogens with zero attached hydrogens (tertiary/aromatic N) is 2. The first kappa shape index (κ1) is 16.2. The Balaban J connectivity index is 1.82. The number of benzene rings is 2. The third-order valence-electron chi connectivity index (χ3n) is 4.61. The van der Waals surface area contributed by atoms with Crippen LogP contribution in [0.3, 0.4) is 0 Å². The Bertz CT molecular complexity index is 951. The number of hydrogen-bond acceptors (Lipinski definition) is 2. The molecule has 0 saturated carbocycles. The van der Waals surface area contributed by atoms with Crippen molar-refractivity contribution >= 4 is 0 Å². The van der Waals surface area contributed by atoms with E-state index < -0.39 is 0 Å². The van der Waals surface area contributed by atoms with E-state index in [9.17, 15) is 0 Å². The van der Waals surface area contributed by atoms with Crippen molar-refractivity contribution in [2.24, 2.45) is 0 Å². The second-order valence-electron chi connectivity index (χ2n) is 6.45. The topological polar surface area (TPSA) is 25.8 Å². The molecular formula is C24H20N2. The van der Waals surface area contributed by atoms with Gasteiger partial charge < -0.3 is 0 Å². The van der Waals surface area contributed by atoms with E-state index in [4.69, 9.17) is 4.98 Å². The lowest BCUT2D eigenvalue weighted by molar-refractivity contribution is 1.19. The quantitative estimate of drug-likeness (QED) is 0.452. The van der Waals surface area contributed by atoms with Crippen LogP contribution in [0.1, 0.15) is 11.3 Å². The van der Waals surface area contributed by atoms with Gasteiger partial charge in [0.05, 0.1) is 11.4 Å². The molecule has 0 spiro atoms. The van der Waals surface area contributed by atoms with Gasteiger partial charge in [0.25, 0.3) is 0 Å². The van der Waals surface area contributed by atoms with Crippen LogP contribution in [0.25, 0.3) is 33.6 Å². The summed E-state index contributed by atoms with van der Waals surface area (Å²) in [6.07, 6.45) is 1.91. The molecule has 4 aromatic rings. The molecule has 0 fully saturated rings. The van der Waals surface area contributed by atoms with E-state index in [0.29, 0.717) is 0 Å². The van der Waals surface area contributed by atoms with Crippen molar-refractivity contribution < 1.29 is 0 Å². The molecule has 2 aromatic heterocycles. The van der Waals surface area contributed by atoms with Crippen LogP contribution in [0.5, 0.6) is 0 Å². The Morgan fingerprint density at radius 2 is 1.31 bits per heavy atom. The summed E-state index contributed by atoms with van der Waals surface area (Å²) >= 11 is 0. The normalized spacial score (nSPS) is 10.7. The van der Waals surface area contributed by atoms with E-state index >= 15 is 0 Å². The number of hydrogen-bond donors (Lipinski definition) is 0. The maximum atomic E-state index is 4.94. The molecule has 0 N–H and O–H groups in total. The van der Waals surface area contributed by atoms with Crippen LogP contribution >= 0.6 is 0 Å². The Kier molecular flexibility index (Phi) is 4.32. The van der Waals surface area contributed by atoms with Crippen molar-refractivity contribution in [1.82, 2.24) is 9.97 Å². The third-order valence-corrected chi connectivity index (χ3v) is 4.61. The molecular weight excluding hydrogens is 316 g/mol. The Hall–Kier alpha value is -3.26. The van der Waals surface area contributed by atoms with Gasteiger partial charge in [-0.1, -0.05) is 66.7 Å². The van der Waals surface area contributed by atoms with Crippen molar-refractivity contribution in [3.63, 3.8) is 0 Å². The Morgan fingerprint density at radius 3 is 2.00 bits per heavy atom. The zero-order chi connectivity index (χ0) is 17.9. The molecule has 126 valence electrons. The molecule has 2 aromatic carbocycles. The minimum Gasteiger partial charge on any atom is -0.260 e. The number of pyridine rings is 2. The van der Waals surface area contributed by atoms with Crippen molar-refractivity contribution in [3.05, 3.63) is 96.3 Å². The van der Waals surface area contributed by atoms with E-state index in [1.54, 1.807) is 0 Å². The molecule has 2 heterocycles. The fraction of sp³-hybridized carbons (Fsp3) is 0.0833. The highest BCUT2D eigenvalue weighted by Gasteiger charge is 2.10. The SMILES string of the molecule is Cc1ccc(-c2cnc(C)c(-c3ccccc3)c2)nc1-c1ccccc1. The molecule has 0 bridgehead atoms. The minimum atomic E-state index is 0.944. The first-order chi connectivity index (χ1) is 12.7. The minimum absolute atomic E-state index is 0.944. The summed E-state index contributed by atoms with van der Waals surface area (Å²) in [5, 5.41) is 0. The molecule has 0 aliphatic heterocycles. The summed E-state index contributed by atoms with van der Waals surface area (Å²) in [5.74, 6) is 0. The predicted octanol–water partition coefficient (Wildman–Crippen LogP) is 6.09. The lowest BCUT2D eigenvalue weighted by Crippen LogP contribution is -1.94. The largest absolute Gasteiger partial charge is 0.260 e. The average Bonchev–Trinajstić information content (AvgIpc) is 2.70. The number of aryl methyl sites for hydroxylation is 2. The van der Waals surface area contributed by atoms with Gasteiger partial charge >= 0.3 is 0 Å². The smallest absolute Gasteiger partial charge is 0.0738 e. The third kappa shape index (κ3) is 3.14. The fourth-order valence-corrected chi connectivity index (χ4v) is 3.16. The van der Waals surface area contributed by atoms with Crippen molar-refractivity contribution in [2.75, 3.05) is 0 Å². The van der Waals surface area contributed by atoms with Gasteiger partial charge in [0.15, 0.2) is 0 Å². The van der Waals surface area contributed by atoms with Crippen LogP contribution in [0.15, 0.2) is 85.1 Å². The van der Waals surface area contributed by atoms with Gasteiger partial charge in [0.1, 0.15) is 0 Å². The van der Waals surface area contributed by atoms with Gasteiger partial charge in [0.2, 0.25) is 0 Å². The molecule has 0 aliphatic carbocycles. The molecule has 0 atom stereocenters. The first-order valence-electron chi connectivity index (χ1n) is 8.78. The monoisotopic (exact) mass is 336 g/mol. The molecule has 0 radical (unpaired) electrons. The number of rotatable bonds is 3. The Labute approximate surface area is 154 Å². The molecule has 26 heavy (non-hydrogen) atoms. The van der Waals surface area contributed by atoms with Crippen LogP contribution in [0, 0.1) is 13.8 Å². The first-order valence-corrected chi connectivity index (χ1v) is 8.78. The standard InChI is InChI=1S/C24H20N2/c1-17-13-14-23(26-24(17)20-11-7-4-8-12-20)21-15-22(18(2)25-16-21)19-9-5-3-6-10-19/h3-16H,1-2H3. The summed E-state index contributed by atoms with van der Waals surface area (Å²) in [4.78, 5) is 9.55.